The molecule has 0 unspecified atom stereocenters. The maximum atomic E-state index is 11.2. The second kappa shape index (κ2) is 4.61. The fourth-order valence-electron chi connectivity index (χ4n) is 1.52. The molecule has 1 aliphatic rings. The van der Waals surface area contributed by atoms with E-state index < -0.39 is 10.0 Å². The molecule has 7 heteroatoms. The highest BCUT2D eigenvalue weighted by Crippen LogP contribution is 2.25. The summed E-state index contributed by atoms with van der Waals surface area (Å²) in [6.07, 6.45) is 2.91. The first kappa shape index (κ1) is 12.6. The second-order valence-corrected chi connectivity index (χ2v) is 6.83. The normalized spacial score (nSPS) is 23.6. The van der Waals surface area contributed by atoms with Gasteiger partial charge < -0.3 is 0 Å². The van der Waals surface area contributed by atoms with Crippen LogP contribution in [0.5, 0.6) is 0 Å². The van der Waals surface area contributed by atoms with E-state index in [4.69, 9.17) is 0 Å². The third-order valence-electron chi connectivity index (χ3n) is 2.59. The Morgan fingerprint density at radius 2 is 1.93 bits per heavy atom. The summed E-state index contributed by atoms with van der Waals surface area (Å²) in [6.45, 7) is 3.28. The zero-order valence-electron chi connectivity index (χ0n) is 8.36. The molecule has 0 aromatic heterocycles. The van der Waals surface area contributed by atoms with Gasteiger partial charge in [0.1, 0.15) is 0 Å². The first-order chi connectivity index (χ1) is 6.37. The van der Waals surface area contributed by atoms with E-state index in [9.17, 15) is 8.42 Å². The van der Waals surface area contributed by atoms with E-state index in [0.29, 0.717) is 13.1 Å². The number of piperidine rings is 1. The molecule has 0 aliphatic carbocycles. The molecule has 14 heavy (non-hydrogen) atoms. The summed E-state index contributed by atoms with van der Waals surface area (Å²) in [7, 11) is -1.72. The second-order valence-electron chi connectivity index (χ2n) is 3.92. The van der Waals surface area contributed by atoms with Crippen LogP contribution in [0.4, 0.5) is 0 Å². The first-order valence-corrected chi connectivity index (χ1v) is 8.12. The van der Waals surface area contributed by atoms with E-state index in [-0.39, 0.29) is 5.54 Å². The van der Waals surface area contributed by atoms with Crippen molar-refractivity contribution in [2.75, 3.05) is 19.3 Å². The van der Waals surface area contributed by atoms with Crippen LogP contribution in [0.2, 0.25) is 0 Å². The van der Waals surface area contributed by atoms with E-state index in [1.165, 1.54) is 21.5 Å². The maximum Gasteiger partial charge on any atom is 0.211 e. The Kier molecular flexibility index (Phi) is 4.16. The van der Waals surface area contributed by atoms with E-state index >= 15 is 0 Å². The molecule has 0 radical (unpaired) electrons. The van der Waals surface area contributed by atoms with Crippen LogP contribution in [0.3, 0.4) is 0 Å². The van der Waals surface area contributed by atoms with Crippen molar-refractivity contribution >= 4 is 32.7 Å². The van der Waals surface area contributed by atoms with Crippen LogP contribution in [0.1, 0.15) is 19.8 Å². The Morgan fingerprint density at radius 1 is 1.43 bits per heavy atom. The molecule has 1 rings (SSSR count). The fourth-order valence-corrected chi connectivity index (χ4v) is 3.46. The summed E-state index contributed by atoms with van der Waals surface area (Å²) < 4.78 is 27.2. The molecule has 4 nitrogen and oxygen atoms in total. The lowest BCUT2D eigenvalue weighted by Crippen LogP contribution is -2.50. The third-order valence-corrected chi connectivity index (χ3v) is 4.75. The lowest BCUT2D eigenvalue weighted by atomic mass is 9.92. The van der Waals surface area contributed by atoms with Gasteiger partial charge in [0.2, 0.25) is 10.0 Å². The van der Waals surface area contributed by atoms with Crippen molar-refractivity contribution in [2.45, 2.75) is 25.3 Å². The fraction of sp³-hybridized carbons (Fsp3) is 1.00. The van der Waals surface area contributed by atoms with Crippen molar-refractivity contribution < 1.29 is 8.42 Å². The highest BCUT2D eigenvalue weighted by molar-refractivity contribution is 8.67. The largest absolute Gasteiger partial charge is 0.249 e. The highest BCUT2D eigenvalue weighted by Gasteiger charge is 2.32. The molecule has 0 saturated carbocycles. The molecule has 1 heterocycles. The van der Waals surface area contributed by atoms with Gasteiger partial charge in [-0.3, -0.25) is 0 Å². The van der Waals surface area contributed by atoms with Crippen LogP contribution in [0.15, 0.2) is 0 Å². The Labute approximate surface area is 94.8 Å². The smallest absolute Gasteiger partial charge is 0.211 e. The number of sulfonamides is 1. The van der Waals surface area contributed by atoms with Crippen molar-refractivity contribution in [3.63, 3.8) is 0 Å². The number of thiol groups is 1. The Morgan fingerprint density at radius 3 is 2.29 bits per heavy atom. The van der Waals surface area contributed by atoms with Gasteiger partial charge >= 0.3 is 0 Å². The molecule has 0 aromatic rings. The summed E-state index contributed by atoms with van der Waals surface area (Å²) in [5.41, 5.74) is 0.00755. The number of nitrogens with one attached hydrogen (secondary N) is 1. The Hall–Kier alpha value is 0.570. The van der Waals surface area contributed by atoms with Crippen LogP contribution in [-0.4, -0.2) is 37.6 Å². The predicted octanol–water partition coefficient (Wildman–Crippen LogP) is 0.883. The predicted molar refractivity (Wildman–Crippen MR) is 63.8 cm³/mol. The van der Waals surface area contributed by atoms with Crippen LogP contribution < -0.4 is 4.72 Å². The van der Waals surface area contributed by atoms with Crippen molar-refractivity contribution in [1.29, 1.82) is 0 Å². The summed E-state index contributed by atoms with van der Waals surface area (Å²) in [4.78, 5) is 0. The van der Waals surface area contributed by atoms with Gasteiger partial charge in [-0.05, 0) is 30.7 Å². The van der Waals surface area contributed by atoms with E-state index in [0.717, 1.165) is 12.8 Å². The number of nitrogens with zero attached hydrogens (tertiary/aromatic N) is 1. The molecule has 84 valence electrons. The number of rotatable bonds is 3. The standard InChI is InChI=1S/C7H16N2O2S3/c1-7(8-13-12)3-5-9(6-4-7)14(2,10)11/h8,12H,3-6H2,1-2H3. The lowest BCUT2D eigenvalue weighted by Gasteiger charge is -2.38. The van der Waals surface area contributed by atoms with Crippen LogP contribution in [-0.2, 0) is 10.0 Å². The van der Waals surface area contributed by atoms with Gasteiger partial charge in [-0.25, -0.2) is 17.4 Å². The molecule has 1 aliphatic heterocycles. The molecule has 0 bridgehead atoms. The monoisotopic (exact) mass is 256 g/mol. The molecule has 0 spiro atoms. The van der Waals surface area contributed by atoms with E-state index in [1.807, 2.05) is 0 Å². The summed E-state index contributed by atoms with van der Waals surface area (Å²) in [5, 5.41) is 0. The molecule has 1 N–H and O–H groups in total. The Balaban J connectivity index is 2.54. The van der Waals surface area contributed by atoms with Crippen molar-refractivity contribution in [1.82, 2.24) is 9.03 Å². The van der Waals surface area contributed by atoms with Gasteiger partial charge in [0, 0.05) is 18.6 Å². The molecule has 1 saturated heterocycles. The molecular weight excluding hydrogens is 240 g/mol. The molecule has 0 aromatic carbocycles. The van der Waals surface area contributed by atoms with Gasteiger partial charge in [0.05, 0.1) is 6.26 Å². The summed E-state index contributed by atoms with van der Waals surface area (Å²) in [5.74, 6) is 0. The average molecular weight is 256 g/mol. The zero-order chi connectivity index (χ0) is 10.8. The minimum absolute atomic E-state index is 0.00755. The van der Waals surface area contributed by atoms with Gasteiger partial charge in [0.15, 0.2) is 0 Å². The molecule has 1 fully saturated rings. The highest BCUT2D eigenvalue weighted by atomic mass is 33.1. The van der Waals surface area contributed by atoms with Gasteiger partial charge in [0.25, 0.3) is 0 Å². The van der Waals surface area contributed by atoms with Crippen molar-refractivity contribution in [2.24, 2.45) is 0 Å². The summed E-state index contributed by atoms with van der Waals surface area (Å²) in [6, 6.07) is 0. The quantitative estimate of drug-likeness (QED) is 0.447. The first-order valence-electron chi connectivity index (χ1n) is 4.40. The lowest BCUT2D eigenvalue weighted by molar-refractivity contribution is 0.240. The third kappa shape index (κ3) is 3.30. The molecule has 0 amide bonds. The van der Waals surface area contributed by atoms with Crippen LogP contribution >= 0.6 is 22.6 Å². The van der Waals surface area contributed by atoms with E-state index in [2.05, 4.69) is 23.3 Å². The maximum absolute atomic E-state index is 11.2. The van der Waals surface area contributed by atoms with Gasteiger partial charge in [-0.2, -0.15) is 0 Å². The molecular formula is C7H16N2O2S3. The SMILES string of the molecule is CC1(NSS)CCN(S(C)(=O)=O)CC1. The van der Waals surface area contributed by atoms with Crippen molar-refractivity contribution in [3.05, 3.63) is 0 Å². The Bertz CT molecular complexity index is 283. The molecule has 0 atom stereocenters. The van der Waals surface area contributed by atoms with Gasteiger partial charge in [-0.15, -0.1) is 0 Å². The van der Waals surface area contributed by atoms with Crippen LogP contribution in [0, 0.1) is 0 Å². The van der Waals surface area contributed by atoms with E-state index in [1.54, 1.807) is 0 Å². The van der Waals surface area contributed by atoms with Crippen molar-refractivity contribution in [3.8, 4) is 0 Å². The van der Waals surface area contributed by atoms with Crippen LogP contribution in [0.25, 0.3) is 0 Å². The summed E-state index contributed by atoms with van der Waals surface area (Å²) >= 11 is 4.04. The minimum atomic E-state index is -3.01. The van der Waals surface area contributed by atoms with Gasteiger partial charge in [-0.1, -0.05) is 11.7 Å². The zero-order valence-corrected chi connectivity index (χ0v) is 10.9. The average Bonchev–Trinajstić information content (AvgIpc) is 2.03. The number of hydrogen-bond acceptors (Lipinski definition) is 5. The minimum Gasteiger partial charge on any atom is -0.249 e. The number of hydrogen-bond donors (Lipinski definition) is 2. The topological polar surface area (TPSA) is 49.4 Å².